The van der Waals surface area contributed by atoms with Gasteiger partial charge >= 0.3 is 0 Å². The summed E-state index contributed by atoms with van der Waals surface area (Å²) >= 11 is 0. The highest BCUT2D eigenvalue weighted by atomic mass is 32.2. The Balaban J connectivity index is 2.16. The van der Waals surface area contributed by atoms with Crippen LogP contribution in [0.15, 0.2) is 0 Å². The Morgan fingerprint density at radius 3 is 2.47 bits per heavy atom. The second-order valence-electron chi connectivity index (χ2n) is 4.31. The van der Waals surface area contributed by atoms with Crippen molar-refractivity contribution in [1.82, 2.24) is 5.32 Å². The normalized spacial score (nSPS) is 19.9. The molecule has 2 N–H and O–H groups in total. The predicted molar refractivity (Wildman–Crippen MR) is 60.6 cm³/mol. The van der Waals surface area contributed by atoms with Crippen LogP contribution in [-0.4, -0.2) is 43.7 Å². The summed E-state index contributed by atoms with van der Waals surface area (Å²) in [6.45, 7) is 2.51. The molecule has 0 aromatic carbocycles. The average Bonchev–Trinajstić information content (AvgIpc) is 2.16. The van der Waals surface area contributed by atoms with Gasteiger partial charge in [-0.25, -0.2) is 8.42 Å². The summed E-state index contributed by atoms with van der Waals surface area (Å²) in [5, 5.41) is 12.4. The first kappa shape index (κ1) is 12.9. The maximum Gasteiger partial charge on any atom is 0.150 e. The van der Waals surface area contributed by atoms with Crippen LogP contribution in [0.25, 0.3) is 0 Å². The summed E-state index contributed by atoms with van der Waals surface area (Å²) < 4.78 is 22.4. The van der Waals surface area contributed by atoms with Gasteiger partial charge in [0.25, 0.3) is 0 Å². The summed E-state index contributed by atoms with van der Waals surface area (Å²) in [6.07, 6.45) is 3.80. The molecule has 1 saturated carbocycles. The fourth-order valence-corrected chi connectivity index (χ4v) is 2.66. The van der Waals surface area contributed by atoms with E-state index in [1.807, 2.05) is 0 Å². The van der Waals surface area contributed by atoms with E-state index in [2.05, 4.69) is 5.32 Å². The molecule has 5 heteroatoms. The fraction of sp³-hybridized carbons (Fsp3) is 1.00. The van der Waals surface area contributed by atoms with E-state index < -0.39 is 9.84 Å². The van der Waals surface area contributed by atoms with E-state index in [1.54, 1.807) is 6.92 Å². The van der Waals surface area contributed by atoms with Gasteiger partial charge in [0.05, 0.1) is 12.4 Å². The molecule has 0 bridgehead atoms. The lowest BCUT2D eigenvalue weighted by molar-refractivity contribution is 0.0893. The molecule has 1 rings (SSSR count). The molecule has 0 unspecified atom stereocenters. The molecule has 0 heterocycles. The second-order valence-corrected chi connectivity index (χ2v) is 6.78. The summed E-state index contributed by atoms with van der Waals surface area (Å²) in [6, 6.07) is 0. The largest absolute Gasteiger partial charge is 0.394 e. The molecule has 0 amide bonds. The summed E-state index contributed by atoms with van der Waals surface area (Å²) in [5.41, 5.74) is -0.101. The van der Waals surface area contributed by atoms with Gasteiger partial charge in [0.1, 0.15) is 9.84 Å². The summed E-state index contributed by atoms with van der Waals surface area (Å²) in [5.74, 6) is 0.468. The Morgan fingerprint density at radius 2 is 2.07 bits per heavy atom. The van der Waals surface area contributed by atoms with E-state index >= 15 is 0 Å². The van der Waals surface area contributed by atoms with Crippen LogP contribution < -0.4 is 5.32 Å². The van der Waals surface area contributed by atoms with Crippen molar-refractivity contribution in [2.24, 2.45) is 0 Å². The van der Waals surface area contributed by atoms with Crippen molar-refractivity contribution in [2.45, 2.75) is 38.1 Å². The highest BCUT2D eigenvalue weighted by molar-refractivity contribution is 7.91. The molecule has 0 aromatic rings. The average molecular weight is 235 g/mol. The molecule has 0 saturated heterocycles. The van der Waals surface area contributed by atoms with Gasteiger partial charge in [-0.1, -0.05) is 6.92 Å². The van der Waals surface area contributed by atoms with Crippen molar-refractivity contribution in [1.29, 1.82) is 0 Å². The standard InChI is InChI=1S/C10H21NO3S/c1-2-15(13,14)8-4-7-11-10(9-12)5-3-6-10/h11-12H,2-9H2,1H3. The Hall–Kier alpha value is -0.130. The molecule has 0 aromatic heterocycles. The van der Waals surface area contributed by atoms with Gasteiger partial charge in [0, 0.05) is 11.3 Å². The van der Waals surface area contributed by atoms with E-state index in [4.69, 9.17) is 5.11 Å². The SMILES string of the molecule is CCS(=O)(=O)CCCNC1(CO)CCC1. The van der Waals surface area contributed by atoms with Crippen molar-refractivity contribution < 1.29 is 13.5 Å². The van der Waals surface area contributed by atoms with E-state index in [1.165, 1.54) is 0 Å². The predicted octanol–water partition coefficient (Wildman–Crippen LogP) is 0.316. The number of hydrogen-bond donors (Lipinski definition) is 2. The minimum absolute atomic E-state index is 0.101. The molecule has 1 aliphatic carbocycles. The third-order valence-electron chi connectivity index (χ3n) is 3.19. The molecule has 90 valence electrons. The Labute approximate surface area is 92.0 Å². The maximum absolute atomic E-state index is 11.2. The first-order valence-electron chi connectivity index (χ1n) is 5.60. The number of nitrogens with one attached hydrogen (secondary N) is 1. The van der Waals surface area contributed by atoms with Crippen LogP contribution >= 0.6 is 0 Å². The molecule has 0 atom stereocenters. The van der Waals surface area contributed by atoms with Crippen LogP contribution in [0.1, 0.15) is 32.6 Å². The van der Waals surface area contributed by atoms with Crippen LogP contribution in [0.5, 0.6) is 0 Å². The van der Waals surface area contributed by atoms with Crippen molar-refractivity contribution in [3.8, 4) is 0 Å². The van der Waals surface area contributed by atoms with Gasteiger partial charge in [-0.15, -0.1) is 0 Å². The molecule has 1 fully saturated rings. The monoisotopic (exact) mass is 235 g/mol. The number of aliphatic hydroxyl groups is 1. The minimum Gasteiger partial charge on any atom is -0.394 e. The van der Waals surface area contributed by atoms with Gasteiger partial charge < -0.3 is 10.4 Å². The molecule has 1 aliphatic rings. The first-order valence-corrected chi connectivity index (χ1v) is 7.42. The van der Waals surface area contributed by atoms with Crippen LogP contribution in [0.4, 0.5) is 0 Å². The first-order chi connectivity index (χ1) is 7.04. The molecule has 0 aliphatic heterocycles. The van der Waals surface area contributed by atoms with E-state index in [9.17, 15) is 8.42 Å². The zero-order valence-electron chi connectivity index (χ0n) is 9.33. The number of rotatable bonds is 7. The van der Waals surface area contributed by atoms with Crippen LogP contribution in [0, 0.1) is 0 Å². The molecular weight excluding hydrogens is 214 g/mol. The number of sulfone groups is 1. The minimum atomic E-state index is -2.84. The van der Waals surface area contributed by atoms with Gasteiger partial charge in [-0.05, 0) is 32.2 Å². The molecule has 4 nitrogen and oxygen atoms in total. The number of hydrogen-bond acceptors (Lipinski definition) is 4. The van der Waals surface area contributed by atoms with Gasteiger partial charge in [0.15, 0.2) is 0 Å². The maximum atomic E-state index is 11.2. The summed E-state index contributed by atoms with van der Waals surface area (Å²) in [7, 11) is -2.84. The van der Waals surface area contributed by atoms with Gasteiger partial charge in [-0.3, -0.25) is 0 Å². The quantitative estimate of drug-likeness (QED) is 0.624. The number of aliphatic hydroxyl groups excluding tert-OH is 1. The highest BCUT2D eigenvalue weighted by Gasteiger charge is 2.35. The topological polar surface area (TPSA) is 66.4 Å². The van der Waals surface area contributed by atoms with Gasteiger partial charge in [0.2, 0.25) is 0 Å². The Bertz CT molecular complexity index is 278. The third-order valence-corrected chi connectivity index (χ3v) is 4.98. The Kier molecular flexibility index (Phi) is 4.55. The lowest BCUT2D eigenvalue weighted by Crippen LogP contribution is -2.54. The van der Waals surface area contributed by atoms with Crippen LogP contribution in [0.2, 0.25) is 0 Å². The van der Waals surface area contributed by atoms with Crippen LogP contribution in [0.3, 0.4) is 0 Å². The molecule has 15 heavy (non-hydrogen) atoms. The van der Waals surface area contributed by atoms with E-state index in [0.717, 1.165) is 19.3 Å². The molecular formula is C10H21NO3S. The fourth-order valence-electron chi connectivity index (χ4n) is 1.78. The van der Waals surface area contributed by atoms with E-state index in [-0.39, 0.29) is 23.7 Å². The molecule has 0 radical (unpaired) electrons. The Morgan fingerprint density at radius 1 is 1.40 bits per heavy atom. The van der Waals surface area contributed by atoms with Crippen molar-refractivity contribution in [3.63, 3.8) is 0 Å². The smallest absolute Gasteiger partial charge is 0.150 e. The van der Waals surface area contributed by atoms with E-state index in [0.29, 0.717) is 13.0 Å². The second kappa shape index (κ2) is 5.27. The third kappa shape index (κ3) is 3.74. The van der Waals surface area contributed by atoms with Gasteiger partial charge in [-0.2, -0.15) is 0 Å². The summed E-state index contributed by atoms with van der Waals surface area (Å²) in [4.78, 5) is 0. The zero-order chi connectivity index (χ0) is 11.4. The zero-order valence-corrected chi connectivity index (χ0v) is 10.1. The lowest BCUT2D eigenvalue weighted by atomic mass is 9.77. The highest BCUT2D eigenvalue weighted by Crippen LogP contribution is 2.30. The van der Waals surface area contributed by atoms with Crippen molar-refractivity contribution >= 4 is 9.84 Å². The van der Waals surface area contributed by atoms with Crippen molar-refractivity contribution in [2.75, 3.05) is 24.7 Å². The lowest BCUT2D eigenvalue weighted by Gasteiger charge is -2.41. The molecule has 0 spiro atoms. The van der Waals surface area contributed by atoms with Crippen molar-refractivity contribution in [3.05, 3.63) is 0 Å². The van der Waals surface area contributed by atoms with Crippen LogP contribution in [-0.2, 0) is 9.84 Å².